The van der Waals surface area contributed by atoms with E-state index in [4.69, 9.17) is 0 Å². The van der Waals surface area contributed by atoms with Crippen molar-refractivity contribution >= 4 is 19.9 Å². The first-order valence-electron chi connectivity index (χ1n) is 3.64. The monoisotopic (exact) mass is 182 g/mol. The van der Waals surface area contributed by atoms with Crippen LogP contribution in [0.1, 0.15) is 10.4 Å². The molecule has 64 valence electrons. The molecule has 2 nitrogen and oxygen atoms in total. The van der Waals surface area contributed by atoms with Crippen LogP contribution in [0.3, 0.4) is 0 Å². The van der Waals surface area contributed by atoms with Crippen LogP contribution in [0.15, 0.2) is 24.3 Å². The van der Waals surface area contributed by atoms with Crippen molar-refractivity contribution in [1.82, 2.24) is 0 Å². The van der Waals surface area contributed by atoms with Gasteiger partial charge in [-0.05, 0) is 24.1 Å². The molecule has 12 heavy (non-hydrogen) atoms. The van der Waals surface area contributed by atoms with E-state index in [9.17, 15) is 4.79 Å². The van der Waals surface area contributed by atoms with Crippen LogP contribution in [0.2, 0.25) is 0 Å². The van der Waals surface area contributed by atoms with Crippen LogP contribution < -0.4 is 5.30 Å². The Labute approximate surface area is 73.7 Å². The summed E-state index contributed by atoms with van der Waals surface area (Å²) in [5, 5.41) is 1.18. The second-order valence-corrected chi connectivity index (χ2v) is 3.40. The lowest BCUT2D eigenvalue weighted by atomic mass is 10.2. The van der Waals surface area contributed by atoms with E-state index >= 15 is 0 Å². The van der Waals surface area contributed by atoms with E-state index in [1.807, 2.05) is 18.2 Å². The van der Waals surface area contributed by atoms with Gasteiger partial charge in [0.2, 0.25) is 0 Å². The molecule has 0 radical (unpaired) electrons. The summed E-state index contributed by atoms with van der Waals surface area (Å²) in [5.74, 6) is -0.268. The van der Waals surface area contributed by atoms with Gasteiger partial charge in [-0.15, -0.1) is 0 Å². The largest absolute Gasteiger partial charge is 0.465 e. The van der Waals surface area contributed by atoms with Crippen molar-refractivity contribution < 1.29 is 9.53 Å². The minimum absolute atomic E-state index is 0.268. The number of rotatable bonds is 2. The summed E-state index contributed by atoms with van der Waals surface area (Å²) >= 11 is 0. The van der Waals surface area contributed by atoms with Crippen LogP contribution in [-0.4, -0.2) is 19.7 Å². The second kappa shape index (κ2) is 4.22. The highest BCUT2D eigenvalue weighted by molar-refractivity contribution is 7.46. The zero-order valence-corrected chi connectivity index (χ0v) is 8.13. The van der Waals surface area contributed by atoms with Crippen LogP contribution in [0, 0.1) is 0 Å². The number of carbonyl (C=O) groups is 1. The summed E-state index contributed by atoms with van der Waals surface area (Å²) in [6.45, 7) is 2.08. The summed E-state index contributed by atoms with van der Waals surface area (Å²) in [7, 11) is 2.10. The Morgan fingerprint density at radius 1 is 1.50 bits per heavy atom. The van der Waals surface area contributed by atoms with E-state index in [0.29, 0.717) is 14.1 Å². The van der Waals surface area contributed by atoms with Crippen LogP contribution in [0.4, 0.5) is 0 Å². The molecule has 1 aromatic carbocycles. The Balaban J connectivity index is 2.93. The van der Waals surface area contributed by atoms with Crippen molar-refractivity contribution in [2.75, 3.05) is 13.8 Å². The number of hydrogen-bond donors (Lipinski definition) is 0. The van der Waals surface area contributed by atoms with Crippen LogP contribution in [0.5, 0.6) is 0 Å². The first kappa shape index (κ1) is 9.21. The number of esters is 1. The Morgan fingerprint density at radius 3 is 2.83 bits per heavy atom. The zero-order valence-electron chi connectivity index (χ0n) is 7.13. The Bertz CT molecular complexity index is 284. The lowest BCUT2D eigenvalue weighted by molar-refractivity contribution is 0.0601. The fraction of sp³-hybridized carbons (Fsp3) is 0.222. The van der Waals surface area contributed by atoms with Gasteiger partial charge < -0.3 is 4.74 Å². The Kier molecular flexibility index (Phi) is 3.24. The molecule has 0 aliphatic heterocycles. The van der Waals surface area contributed by atoms with E-state index in [1.165, 1.54) is 12.4 Å². The molecule has 0 spiro atoms. The van der Waals surface area contributed by atoms with Gasteiger partial charge in [0, 0.05) is 0 Å². The van der Waals surface area contributed by atoms with Crippen LogP contribution in [-0.2, 0) is 4.74 Å². The molecule has 0 aliphatic carbocycles. The zero-order chi connectivity index (χ0) is 8.97. The van der Waals surface area contributed by atoms with Gasteiger partial charge in [0.15, 0.2) is 0 Å². The van der Waals surface area contributed by atoms with Gasteiger partial charge in [-0.1, -0.05) is 20.7 Å². The third-order valence-corrected chi connectivity index (χ3v) is 2.46. The molecule has 0 bridgehead atoms. The number of methoxy groups -OCH3 is 1. The predicted molar refractivity (Wildman–Crippen MR) is 51.7 cm³/mol. The third kappa shape index (κ3) is 2.05. The van der Waals surface area contributed by atoms with E-state index in [2.05, 4.69) is 11.4 Å². The molecule has 1 atom stereocenters. The molecule has 0 heterocycles. The van der Waals surface area contributed by atoms with Gasteiger partial charge in [0.25, 0.3) is 0 Å². The minimum atomic E-state index is -0.268. The normalized spacial score (nSPS) is 10.5. The summed E-state index contributed by atoms with van der Waals surface area (Å²) in [6.07, 6.45) is 0. The van der Waals surface area contributed by atoms with Gasteiger partial charge in [-0.25, -0.2) is 4.79 Å². The summed E-state index contributed by atoms with van der Waals surface area (Å²) < 4.78 is 4.60. The van der Waals surface area contributed by atoms with E-state index in [1.54, 1.807) is 6.07 Å². The van der Waals surface area contributed by atoms with Gasteiger partial charge in [0.05, 0.1) is 12.7 Å². The number of carbonyl (C=O) groups excluding carboxylic acids is 1. The maximum absolute atomic E-state index is 11.1. The van der Waals surface area contributed by atoms with Gasteiger partial charge in [-0.2, -0.15) is 0 Å². The van der Waals surface area contributed by atoms with Crippen molar-refractivity contribution in [2.24, 2.45) is 0 Å². The fourth-order valence-corrected chi connectivity index (χ4v) is 1.48. The average molecular weight is 182 g/mol. The summed E-state index contributed by atoms with van der Waals surface area (Å²) in [6, 6.07) is 7.50. The predicted octanol–water partition coefficient (Wildman–Crippen LogP) is 1.41. The lowest BCUT2D eigenvalue weighted by Crippen LogP contribution is -2.04. The van der Waals surface area contributed by atoms with Crippen LogP contribution in [0.25, 0.3) is 0 Å². The molecule has 0 amide bonds. The molecule has 1 aromatic rings. The molecular weight excluding hydrogens is 171 g/mol. The van der Waals surface area contributed by atoms with Gasteiger partial charge >= 0.3 is 5.97 Å². The van der Waals surface area contributed by atoms with E-state index in [0.717, 1.165) is 0 Å². The average Bonchev–Trinajstić information content (AvgIpc) is 2.17. The SMILES string of the molecule is COC(=O)c1cccc(PC)c1. The molecule has 0 saturated heterocycles. The number of ether oxygens (including phenoxy) is 1. The highest BCUT2D eigenvalue weighted by atomic mass is 31.1. The first-order valence-corrected chi connectivity index (χ1v) is 5.14. The number of hydrogen-bond acceptors (Lipinski definition) is 2. The standard InChI is InChI=1S/C9H11O2P/c1-11-9(10)7-4-3-5-8(6-7)12-2/h3-6,12H,1-2H3. The molecule has 0 saturated carbocycles. The molecule has 0 N–H and O–H groups in total. The smallest absolute Gasteiger partial charge is 0.337 e. The second-order valence-electron chi connectivity index (χ2n) is 2.32. The molecule has 0 aliphatic rings. The minimum Gasteiger partial charge on any atom is -0.465 e. The first-order chi connectivity index (χ1) is 5.77. The van der Waals surface area contributed by atoms with E-state index < -0.39 is 0 Å². The molecule has 1 rings (SSSR count). The van der Waals surface area contributed by atoms with Crippen molar-refractivity contribution in [3.63, 3.8) is 0 Å². The van der Waals surface area contributed by atoms with Gasteiger partial charge in [0.1, 0.15) is 0 Å². The molecule has 3 heteroatoms. The Morgan fingerprint density at radius 2 is 2.25 bits per heavy atom. The quantitative estimate of drug-likeness (QED) is 0.510. The van der Waals surface area contributed by atoms with Gasteiger partial charge in [-0.3, -0.25) is 0 Å². The number of benzene rings is 1. The molecular formula is C9H11O2P. The van der Waals surface area contributed by atoms with Crippen molar-refractivity contribution in [2.45, 2.75) is 0 Å². The van der Waals surface area contributed by atoms with Crippen molar-refractivity contribution in [3.8, 4) is 0 Å². The fourth-order valence-electron chi connectivity index (χ4n) is 0.920. The highest BCUT2D eigenvalue weighted by Gasteiger charge is 2.03. The highest BCUT2D eigenvalue weighted by Crippen LogP contribution is 2.06. The molecule has 1 unspecified atom stereocenters. The lowest BCUT2D eigenvalue weighted by Gasteiger charge is -2.00. The topological polar surface area (TPSA) is 26.3 Å². The Hall–Kier alpha value is -0.880. The molecule has 0 fully saturated rings. The maximum atomic E-state index is 11.1. The summed E-state index contributed by atoms with van der Waals surface area (Å²) in [4.78, 5) is 11.1. The van der Waals surface area contributed by atoms with E-state index in [-0.39, 0.29) is 5.97 Å². The van der Waals surface area contributed by atoms with Crippen molar-refractivity contribution in [1.29, 1.82) is 0 Å². The summed E-state index contributed by atoms with van der Waals surface area (Å²) in [5.41, 5.74) is 0.629. The van der Waals surface area contributed by atoms with Crippen LogP contribution >= 0.6 is 8.58 Å². The molecule has 0 aromatic heterocycles. The third-order valence-electron chi connectivity index (χ3n) is 1.57. The van der Waals surface area contributed by atoms with Crippen molar-refractivity contribution in [3.05, 3.63) is 29.8 Å². The maximum Gasteiger partial charge on any atom is 0.337 e.